The summed E-state index contributed by atoms with van der Waals surface area (Å²) in [4.78, 5) is 4.82. The summed E-state index contributed by atoms with van der Waals surface area (Å²) < 4.78 is 6.39. The molecule has 1 heterocycles. The second kappa shape index (κ2) is 6.09. The molecule has 0 amide bonds. The second-order valence-electron chi connectivity index (χ2n) is 5.54. The molecule has 0 radical (unpaired) electrons. The summed E-state index contributed by atoms with van der Waals surface area (Å²) in [5.74, 6) is 0.678. The first-order valence-electron chi connectivity index (χ1n) is 7.26. The first-order valence-corrected chi connectivity index (χ1v) is 8.38. The molecule has 1 aliphatic heterocycles. The zero-order valence-electron chi connectivity index (χ0n) is 12.5. The fraction of sp³-hybridized carbons (Fsp3) is 0.211. The Kier molecular flexibility index (Phi) is 4.16. The number of rotatable bonds is 4. The van der Waals surface area contributed by atoms with Crippen molar-refractivity contribution in [3.63, 3.8) is 0 Å². The van der Waals surface area contributed by atoms with Gasteiger partial charge in [-0.1, -0.05) is 76.6 Å². The normalized spacial score (nSPS) is 23.7. The van der Waals surface area contributed by atoms with E-state index in [9.17, 15) is 0 Å². The van der Waals surface area contributed by atoms with Gasteiger partial charge >= 0.3 is 0 Å². The summed E-state index contributed by atoms with van der Waals surface area (Å²) in [6.07, 6.45) is 0. The van der Waals surface area contributed by atoms with Crippen molar-refractivity contribution < 1.29 is 4.74 Å². The molecule has 2 atom stereocenters. The molecule has 0 aromatic heterocycles. The Bertz CT molecular complexity index is 696. The maximum atomic E-state index is 6.39. The lowest BCUT2D eigenvalue weighted by molar-refractivity contribution is 0.0918. The van der Waals surface area contributed by atoms with E-state index < -0.39 is 5.60 Å². The highest BCUT2D eigenvalue weighted by atomic mass is 79.9. The highest BCUT2D eigenvalue weighted by Gasteiger charge is 2.48. The lowest BCUT2D eigenvalue weighted by Crippen LogP contribution is -2.40. The van der Waals surface area contributed by atoms with Crippen LogP contribution in [0.4, 0.5) is 0 Å². The molecule has 3 heteroatoms. The number of ether oxygens (including phenoxy) is 1. The van der Waals surface area contributed by atoms with Crippen LogP contribution < -0.4 is 0 Å². The van der Waals surface area contributed by atoms with Crippen LogP contribution in [0.5, 0.6) is 0 Å². The molecule has 0 bridgehead atoms. The van der Waals surface area contributed by atoms with Crippen molar-refractivity contribution in [1.29, 1.82) is 0 Å². The van der Waals surface area contributed by atoms with E-state index in [1.54, 1.807) is 0 Å². The molecule has 0 aliphatic carbocycles. The summed E-state index contributed by atoms with van der Waals surface area (Å²) in [6, 6.07) is 20.1. The summed E-state index contributed by atoms with van der Waals surface area (Å²) in [6.45, 7) is 6.13. The van der Waals surface area contributed by atoms with Gasteiger partial charge in [0.2, 0.25) is 5.90 Å². The van der Waals surface area contributed by atoms with Gasteiger partial charge in [0.05, 0.1) is 5.33 Å². The zero-order valence-corrected chi connectivity index (χ0v) is 14.1. The molecule has 112 valence electrons. The van der Waals surface area contributed by atoms with Crippen LogP contribution in [-0.4, -0.2) is 17.3 Å². The van der Waals surface area contributed by atoms with Crippen LogP contribution in [0.2, 0.25) is 0 Å². The van der Waals surface area contributed by atoms with Gasteiger partial charge in [-0.05, 0) is 24.6 Å². The van der Waals surface area contributed by atoms with E-state index in [0.717, 1.165) is 16.7 Å². The molecular weight excluding hydrogens is 338 g/mol. The molecule has 0 spiro atoms. The summed E-state index contributed by atoms with van der Waals surface area (Å²) in [5.41, 5.74) is 2.55. The highest BCUT2D eigenvalue weighted by molar-refractivity contribution is 9.09. The first-order chi connectivity index (χ1) is 10.7. The number of hydrogen-bond acceptors (Lipinski definition) is 2. The van der Waals surface area contributed by atoms with Crippen molar-refractivity contribution in [3.05, 3.63) is 83.9 Å². The quantitative estimate of drug-likeness (QED) is 0.575. The Morgan fingerprint density at radius 3 is 2.27 bits per heavy atom. The molecule has 22 heavy (non-hydrogen) atoms. The van der Waals surface area contributed by atoms with Crippen LogP contribution in [0.15, 0.2) is 77.8 Å². The van der Waals surface area contributed by atoms with Crippen molar-refractivity contribution in [2.24, 2.45) is 4.99 Å². The van der Waals surface area contributed by atoms with Crippen LogP contribution in [-0.2, 0) is 10.3 Å². The molecule has 3 rings (SSSR count). The molecular formula is C19H18BrNO. The maximum Gasteiger partial charge on any atom is 0.217 e. The molecule has 0 N–H and O–H groups in total. The van der Waals surface area contributed by atoms with E-state index in [4.69, 9.17) is 9.73 Å². The van der Waals surface area contributed by atoms with Gasteiger partial charge in [0.25, 0.3) is 0 Å². The monoisotopic (exact) mass is 355 g/mol. The van der Waals surface area contributed by atoms with E-state index in [1.807, 2.05) is 55.5 Å². The van der Waals surface area contributed by atoms with Gasteiger partial charge < -0.3 is 4.74 Å². The minimum atomic E-state index is -0.543. The van der Waals surface area contributed by atoms with Crippen LogP contribution in [0.1, 0.15) is 18.1 Å². The van der Waals surface area contributed by atoms with Gasteiger partial charge in [-0.3, -0.25) is 0 Å². The Hall–Kier alpha value is -1.87. The lowest BCUT2D eigenvalue weighted by atomic mass is 9.85. The smallest absolute Gasteiger partial charge is 0.217 e. The van der Waals surface area contributed by atoms with Gasteiger partial charge in [-0.25, -0.2) is 4.99 Å². The number of halogens is 1. The number of nitrogens with zero attached hydrogens (tertiary/aromatic N) is 1. The van der Waals surface area contributed by atoms with Gasteiger partial charge in [0.1, 0.15) is 6.04 Å². The van der Waals surface area contributed by atoms with Gasteiger partial charge in [-0.2, -0.15) is 0 Å². The second-order valence-corrected chi connectivity index (χ2v) is 6.10. The lowest BCUT2D eigenvalue weighted by Gasteiger charge is -2.32. The predicted molar refractivity (Wildman–Crippen MR) is 94.6 cm³/mol. The van der Waals surface area contributed by atoms with E-state index in [1.165, 1.54) is 0 Å². The van der Waals surface area contributed by atoms with E-state index in [0.29, 0.717) is 11.2 Å². The van der Waals surface area contributed by atoms with Crippen molar-refractivity contribution in [1.82, 2.24) is 0 Å². The first kappa shape index (κ1) is 15.0. The van der Waals surface area contributed by atoms with Crippen molar-refractivity contribution in [2.45, 2.75) is 18.6 Å². The third kappa shape index (κ3) is 2.50. The fourth-order valence-corrected chi connectivity index (χ4v) is 3.56. The molecule has 0 saturated heterocycles. The maximum absolute atomic E-state index is 6.39. The topological polar surface area (TPSA) is 21.6 Å². The van der Waals surface area contributed by atoms with E-state index >= 15 is 0 Å². The number of aliphatic imine (C=N–C) groups is 1. The SMILES string of the molecule is C=C(C)C1N=C(c2ccccc2)O[C@]1(CBr)c1ccccc1. The summed E-state index contributed by atoms with van der Waals surface area (Å²) in [7, 11) is 0. The average Bonchev–Trinajstić information content (AvgIpc) is 2.98. The van der Waals surface area contributed by atoms with Crippen LogP contribution in [0.3, 0.4) is 0 Å². The van der Waals surface area contributed by atoms with Crippen LogP contribution in [0.25, 0.3) is 0 Å². The Morgan fingerprint density at radius 2 is 1.73 bits per heavy atom. The number of benzene rings is 2. The molecule has 2 nitrogen and oxygen atoms in total. The molecule has 2 aromatic carbocycles. The van der Waals surface area contributed by atoms with Crippen molar-refractivity contribution >= 4 is 21.8 Å². The third-order valence-electron chi connectivity index (χ3n) is 3.92. The van der Waals surface area contributed by atoms with Gasteiger partial charge in [0, 0.05) is 5.56 Å². The van der Waals surface area contributed by atoms with E-state index in [2.05, 4.69) is 34.6 Å². The van der Waals surface area contributed by atoms with E-state index in [-0.39, 0.29) is 6.04 Å². The Morgan fingerprint density at radius 1 is 1.14 bits per heavy atom. The Labute approximate surface area is 139 Å². The molecule has 0 fully saturated rings. The average molecular weight is 356 g/mol. The van der Waals surface area contributed by atoms with Crippen LogP contribution in [0, 0.1) is 0 Å². The minimum absolute atomic E-state index is 0.107. The van der Waals surface area contributed by atoms with Gasteiger partial charge in [0.15, 0.2) is 5.60 Å². The molecule has 1 aliphatic rings. The third-order valence-corrected chi connectivity index (χ3v) is 4.75. The predicted octanol–water partition coefficient (Wildman–Crippen LogP) is 4.70. The van der Waals surface area contributed by atoms with Crippen molar-refractivity contribution in [3.8, 4) is 0 Å². The van der Waals surface area contributed by atoms with Crippen molar-refractivity contribution in [2.75, 3.05) is 5.33 Å². The number of hydrogen-bond donors (Lipinski definition) is 0. The molecule has 1 unspecified atom stereocenters. The highest BCUT2D eigenvalue weighted by Crippen LogP contribution is 2.41. The molecule has 0 saturated carbocycles. The van der Waals surface area contributed by atoms with Gasteiger partial charge in [-0.15, -0.1) is 0 Å². The largest absolute Gasteiger partial charge is 0.462 e. The Balaban J connectivity index is 2.07. The minimum Gasteiger partial charge on any atom is -0.462 e. The van der Waals surface area contributed by atoms with Crippen LogP contribution >= 0.6 is 15.9 Å². The number of alkyl halides is 1. The zero-order chi connectivity index (χ0) is 15.6. The molecule has 2 aromatic rings. The summed E-state index contributed by atoms with van der Waals surface area (Å²) >= 11 is 3.64. The summed E-state index contributed by atoms with van der Waals surface area (Å²) in [5, 5.41) is 0.654. The fourth-order valence-electron chi connectivity index (χ4n) is 2.81. The standard InChI is InChI=1S/C19H18BrNO/c1-14(2)17-19(13-20,16-11-7-4-8-12-16)22-18(21-17)15-9-5-3-6-10-15/h3-12,17H,1,13H2,2H3/t17?,19-/m1/s1.